The Kier molecular flexibility index (Phi) is 13.3. The van der Waals surface area contributed by atoms with Gasteiger partial charge in [0.1, 0.15) is 24.2 Å². The molecular weight excluding hydrogens is 648 g/mol. The van der Waals surface area contributed by atoms with Gasteiger partial charge < -0.3 is 38.1 Å². The Balaban J connectivity index is 1.65. The number of nitrogens with two attached hydrogens (primary N) is 3. The fourth-order valence-corrected chi connectivity index (χ4v) is 6.17. The highest BCUT2D eigenvalue weighted by atomic mass is 16.2. The molecule has 0 aliphatic carbocycles. The van der Waals surface area contributed by atoms with Gasteiger partial charge in [0.05, 0.1) is 0 Å². The quantitative estimate of drug-likeness (QED) is 0.0782. The van der Waals surface area contributed by atoms with Crippen LogP contribution in [0.4, 0.5) is 0 Å². The number of guanidine groups is 1. The fraction of sp³-hybridized carbons (Fsp3) is 0.368. The lowest BCUT2D eigenvalue weighted by Gasteiger charge is -2.37. The molecule has 1 aliphatic heterocycles. The van der Waals surface area contributed by atoms with Crippen molar-refractivity contribution in [3.8, 4) is 11.1 Å². The predicted molar refractivity (Wildman–Crippen MR) is 195 cm³/mol. The summed E-state index contributed by atoms with van der Waals surface area (Å²) in [7, 11) is 0. The first-order valence-corrected chi connectivity index (χ1v) is 17.1. The molecule has 1 heterocycles. The zero-order valence-corrected chi connectivity index (χ0v) is 29.3. The molecule has 5 amide bonds. The average Bonchev–Trinajstić information content (AvgIpc) is 3.10. The van der Waals surface area contributed by atoms with Crippen molar-refractivity contribution in [2.75, 3.05) is 6.54 Å². The van der Waals surface area contributed by atoms with Gasteiger partial charge in [0, 0.05) is 32.9 Å². The Morgan fingerprint density at radius 2 is 1.39 bits per heavy atom. The molecule has 270 valence electrons. The first-order chi connectivity index (χ1) is 24.3. The van der Waals surface area contributed by atoms with Gasteiger partial charge in [0.15, 0.2) is 5.96 Å². The fourth-order valence-electron chi connectivity index (χ4n) is 6.17. The van der Waals surface area contributed by atoms with Gasteiger partial charge in [0.25, 0.3) is 0 Å². The Hall–Kier alpha value is -5.72. The highest BCUT2D eigenvalue weighted by molar-refractivity contribution is 5.95. The maximum absolute atomic E-state index is 14.5. The number of rotatable bonds is 15. The monoisotopic (exact) mass is 696 g/mol. The number of fused-ring (bicyclic) bond motifs is 1. The van der Waals surface area contributed by atoms with Crippen molar-refractivity contribution >= 4 is 35.5 Å². The largest absolute Gasteiger partial charge is 0.370 e. The summed E-state index contributed by atoms with van der Waals surface area (Å²) < 4.78 is 0. The third-order valence-corrected chi connectivity index (χ3v) is 8.86. The molecule has 0 unspecified atom stereocenters. The molecule has 13 heteroatoms. The van der Waals surface area contributed by atoms with Crippen molar-refractivity contribution in [3.05, 3.63) is 95.6 Å². The van der Waals surface area contributed by atoms with Crippen LogP contribution in [0.2, 0.25) is 0 Å². The van der Waals surface area contributed by atoms with E-state index in [0.717, 1.165) is 27.8 Å². The minimum absolute atomic E-state index is 0.0957. The second kappa shape index (κ2) is 17.8. The lowest BCUT2D eigenvalue weighted by Crippen LogP contribution is -2.60. The lowest BCUT2D eigenvalue weighted by atomic mass is 9.92. The second-order valence-electron chi connectivity index (χ2n) is 13.1. The molecule has 0 fully saturated rings. The van der Waals surface area contributed by atoms with Crippen LogP contribution < -0.4 is 33.2 Å². The van der Waals surface area contributed by atoms with Crippen LogP contribution in [0, 0.1) is 5.92 Å². The number of carbonyl (C=O) groups is 5. The zero-order chi connectivity index (χ0) is 37.1. The highest BCUT2D eigenvalue weighted by Gasteiger charge is 2.38. The van der Waals surface area contributed by atoms with Crippen molar-refractivity contribution in [2.45, 2.75) is 77.2 Å². The van der Waals surface area contributed by atoms with Gasteiger partial charge in [-0.3, -0.25) is 29.0 Å². The van der Waals surface area contributed by atoms with Crippen LogP contribution in [0.3, 0.4) is 0 Å². The summed E-state index contributed by atoms with van der Waals surface area (Å²) in [6.45, 7) is 5.19. The summed E-state index contributed by atoms with van der Waals surface area (Å²) in [5.74, 6) is -3.10. The number of nitrogens with one attached hydrogen (secondary N) is 3. The number of nitrogens with zero attached hydrogens (tertiary/aromatic N) is 2. The number of aliphatic imine (C=N–C) groups is 1. The normalized spacial score (nSPS) is 15.5. The predicted octanol–water partition coefficient (Wildman–Crippen LogP) is 1.52. The van der Waals surface area contributed by atoms with Crippen molar-refractivity contribution in [1.29, 1.82) is 0 Å². The van der Waals surface area contributed by atoms with Crippen molar-refractivity contribution in [1.82, 2.24) is 20.9 Å². The average molecular weight is 697 g/mol. The summed E-state index contributed by atoms with van der Waals surface area (Å²) in [5.41, 5.74) is 21.4. The summed E-state index contributed by atoms with van der Waals surface area (Å²) in [6, 6.07) is 21.0. The van der Waals surface area contributed by atoms with Gasteiger partial charge in [0.2, 0.25) is 29.5 Å². The minimum Gasteiger partial charge on any atom is -0.370 e. The van der Waals surface area contributed by atoms with Crippen molar-refractivity contribution < 1.29 is 24.0 Å². The van der Waals surface area contributed by atoms with Crippen molar-refractivity contribution in [3.63, 3.8) is 0 Å². The molecule has 3 aromatic rings. The van der Waals surface area contributed by atoms with E-state index < -0.39 is 53.7 Å². The maximum Gasteiger partial charge on any atom is 0.246 e. The smallest absolute Gasteiger partial charge is 0.246 e. The van der Waals surface area contributed by atoms with Crippen LogP contribution in [0.15, 0.2) is 83.9 Å². The molecule has 4 atom stereocenters. The van der Waals surface area contributed by atoms with Gasteiger partial charge in [-0.1, -0.05) is 92.7 Å². The Labute approximate surface area is 298 Å². The van der Waals surface area contributed by atoms with Crippen molar-refractivity contribution in [2.24, 2.45) is 28.1 Å². The molecule has 0 radical (unpaired) electrons. The van der Waals surface area contributed by atoms with Gasteiger partial charge in [-0.25, -0.2) is 0 Å². The van der Waals surface area contributed by atoms with Crippen LogP contribution in [-0.2, 0) is 43.4 Å². The number of primary amides is 1. The molecule has 3 aromatic carbocycles. The number of benzene rings is 3. The Morgan fingerprint density at radius 3 is 2.00 bits per heavy atom. The van der Waals surface area contributed by atoms with E-state index in [1.807, 2.05) is 78.9 Å². The minimum atomic E-state index is -1.12. The maximum atomic E-state index is 14.5. The van der Waals surface area contributed by atoms with Gasteiger partial charge in [-0.15, -0.1) is 0 Å². The van der Waals surface area contributed by atoms with Gasteiger partial charge >= 0.3 is 0 Å². The van der Waals surface area contributed by atoms with Crippen LogP contribution in [0.1, 0.15) is 50.3 Å². The van der Waals surface area contributed by atoms with E-state index in [-0.39, 0.29) is 44.2 Å². The topological polar surface area (TPSA) is 215 Å². The van der Waals surface area contributed by atoms with Gasteiger partial charge in [-0.2, -0.15) is 0 Å². The van der Waals surface area contributed by atoms with Crippen LogP contribution in [0.5, 0.6) is 0 Å². The summed E-state index contributed by atoms with van der Waals surface area (Å²) in [5, 5.41) is 8.29. The molecule has 0 bridgehead atoms. The molecule has 0 saturated carbocycles. The summed E-state index contributed by atoms with van der Waals surface area (Å²) in [6.07, 6.45) is 0.799. The molecule has 9 N–H and O–H groups in total. The van der Waals surface area contributed by atoms with Gasteiger partial charge in [-0.05, 0) is 46.6 Å². The standard InChI is InChI=1S/C38H48N8O5/c1-23(2)33(43-24(3)47)36(50)44-30(14-9-19-42-38(40)41)35(49)45-31(20-25-15-17-27(18-16-25)26-10-5-4-6-11-26)37(51)46-22-29-13-8-7-12-28(29)21-32(46)34(39)48/h4-8,10-13,15-18,23,30-33H,9,14,19-22H2,1-3H3,(H2,39,48)(H,43,47)(H,44,50)(H,45,49)(H4,40,41,42)/t30-,31+,32+,33-/m0/s1. The van der Waals surface area contributed by atoms with Crippen LogP contribution in [0.25, 0.3) is 11.1 Å². The van der Waals surface area contributed by atoms with E-state index in [0.29, 0.717) is 6.42 Å². The molecule has 51 heavy (non-hydrogen) atoms. The zero-order valence-electron chi connectivity index (χ0n) is 29.3. The van der Waals surface area contributed by atoms with Crippen LogP contribution in [-0.4, -0.2) is 71.1 Å². The molecular formula is C38H48N8O5. The van der Waals surface area contributed by atoms with E-state index in [1.165, 1.54) is 11.8 Å². The Morgan fingerprint density at radius 1 is 0.784 bits per heavy atom. The van der Waals surface area contributed by atoms with E-state index >= 15 is 0 Å². The third-order valence-electron chi connectivity index (χ3n) is 8.86. The second-order valence-corrected chi connectivity index (χ2v) is 13.1. The number of amides is 5. The summed E-state index contributed by atoms with van der Waals surface area (Å²) >= 11 is 0. The van der Waals surface area contributed by atoms with E-state index in [9.17, 15) is 24.0 Å². The third kappa shape index (κ3) is 10.6. The van der Waals surface area contributed by atoms with E-state index in [2.05, 4.69) is 20.9 Å². The number of carbonyl (C=O) groups excluding carboxylic acids is 5. The molecule has 0 saturated heterocycles. The molecule has 13 nitrogen and oxygen atoms in total. The lowest BCUT2D eigenvalue weighted by molar-refractivity contribution is -0.144. The molecule has 4 rings (SSSR count). The summed E-state index contributed by atoms with van der Waals surface area (Å²) in [4.78, 5) is 72.0. The number of hydrogen-bond donors (Lipinski definition) is 6. The van der Waals surface area contributed by atoms with E-state index in [1.54, 1.807) is 13.8 Å². The first-order valence-electron chi connectivity index (χ1n) is 17.1. The number of hydrogen-bond acceptors (Lipinski definition) is 6. The molecule has 1 aliphatic rings. The highest BCUT2D eigenvalue weighted by Crippen LogP contribution is 2.25. The first kappa shape index (κ1) is 38.1. The molecule has 0 aromatic heterocycles. The molecule has 0 spiro atoms. The van der Waals surface area contributed by atoms with E-state index in [4.69, 9.17) is 17.2 Å². The Bertz CT molecular complexity index is 1720. The van der Waals surface area contributed by atoms with Crippen LogP contribution >= 0.6 is 0 Å². The SMILES string of the molecule is CC(=O)N[C@H](C(=O)N[C@@H](CCCN=C(N)N)C(=O)N[C@H](Cc1ccc(-c2ccccc2)cc1)C(=O)N1Cc2ccccc2C[C@@H]1C(N)=O)C(C)C.